The molecule has 0 unspecified atom stereocenters. The van der Waals surface area contributed by atoms with Gasteiger partial charge >= 0.3 is 0 Å². The van der Waals surface area contributed by atoms with Crippen molar-refractivity contribution in [3.05, 3.63) is 48.5 Å². The van der Waals surface area contributed by atoms with Crippen molar-refractivity contribution in [2.75, 3.05) is 0 Å². The summed E-state index contributed by atoms with van der Waals surface area (Å²) in [7, 11) is 0. The molecule has 0 aliphatic carbocycles. The Morgan fingerprint density at radius 1 is 0.583 bits per heavy atom. The summed E-state index contributed by atoms with van der Waals surface area (Å²) < 4.78 is 0. The minimum absolute atomic E-state index is 0. The Balaban J connectivity index is 0.000000605. The van der Waals surface area contributed by atoms with Crippen LogP contribution in [0.5, 0.6) is 0 Å². The fourth-order valence-corrected chi connectivity index (χ4v) is 1.13. The summed E-state index contributed by atoms with van der Waals surface area (Å²) in [6.07, 6.45) is 0. The maximum absolute atomic E-state index is 2.12. The van der Waals surface area contributed by atoms with Crippen molar-refractivity contribution >= 4 is 79.5 Å². The normalized spacial score (nSPS) is 8.33. The molecule has 0 N–H and O–H groups in total. The molecule has 0 bridgehead atoms. The first-order valence-corrected chi connectivity index (χ1v) is 3.40. The third-order valence-electron chi connectivity index (χ3n) is 1.66. The van der Waals surface area contributed by atoms with E-state index in [1.165, 1.54) is 10.8 Å². The van der Waals surface area contributed by atoms with Gasteiger partial charge in [-0.3, -0.25) is 0 Å². The summed E-state index contributed by atoms with van der Waals surface area (Å²) in [5.41, 5.74) is 0. The van der Waals surface area contributed by atoms with Crippen LogP contribution in [0.3, 0.4) is 0 Å². The van der Waals surface area contributed by atoms with Crippen LogP contribution in [0.4, 0.5) is 0 Å². The van der Waals surface area contributed by atoms with Crippen molar-refractivity contribution in [1.82, 2.24) is 0 Å². The third kappa shape index (κ3) is 2.97. The molecule has 0 aliphatic heterocycles. The Hall–Kier alpha value is 0.869. The minimum atomic E-state index is 0. The van der Waals surface area contributed by atoms with Gasteiger partial charge in [-0.05, 0) is 10.8 Å². The summed E-state index contributed by atoms with van der Waals surface area (Å²) in [4.78, 5) is 0. The zero-order chi connectivity index (χ0) is 6.81. The Morgan fingerprint density at radius 2 is 0.833 bits per heavy atom. The van der Waals surface area contributed by atoms with E-state index in [0.717, 1.165) is 0 Å². The topological polar surface area (TPSA) is 0 Å². The van der Waals surface area contributed by atoms with Gasteiger partial charge in [0, 0.05) is 68.7 Å². The SMILES string of the molecule is [Al].[K].c1ccc2ccccc2c1. The van der Waals surface area contributed by atoms with Crippen molar-refractivity contribution in [2.45, 2.75) is 0 Å². The number of fused-ring (bicyclic) bond motifs is 1. The maximum atomic E-state index is 2.12. The van der Waals surface area contributed by atoms with Crippen LogP contribution in [0.1, 0.15) is 0 Å². The molecule has 0 fully saturated rings. The van der Waals surface area contributed by atoms with Gasteiger partial charge in [-0.25, -0.2) is 0 Å². The van der Waals surface area contributed by atoms with Gasteiger partial charge < -0.3 is 0 Å². The molecule has 0 nitrogen and oxygen atoms in total. The molecule has 2 heteroatoms. The van der Waals surface area contributed by atoms with Crippen molar-refractivity contribution in [3.63, 3.8) is 0 Å². The molecule has 52 valence electrons. The van der Waals surface area contributed by atoms with Gasteiger partial charge in [0.1, 0.15) is 0 Å². The molecule has 2 aromatic rings. The van der Waals surface area contributed by atoms with E-state index in [9.17, 15) is 0 Å². The van der Waals surface area contributed by atoms with Crippen LogP contribution >= 0.6 is 0 Å². The van der Waals surface area contributed by atoms with E-state index in [1.807, 2.05) is 0 Å². The molecular formula is C10H8AlK. The molecule has 0 saturated carbocycles. The third-order valence-corrected chi connectivity index (χ3v) is 1.66. The number of rotatable bonds is 0. The molecule has 12 heavy (non-hydrogen) atoms. The van der Waals surface area contributed by atoms with Gasteiger partial charge in [-0.2, -0.15) is 0 Å². The maximum Gasteiger partial charge on any atom is 0 e. The van der Waals surface area contributed by atoms with Crippen LogP contribution < -0.4 is 0 Å². The number of hydrogen-bond acceptors (Lipinski definition) is 0. The second-order valence-corrected chi connectivity index (χ2v) is 2.35. The first-order valence-electron chi connectivity index (χ1n) is 3.40. The van der Waals surface area contributed by atoms with Crippen molar-refractivity contribution in [3.8, 4) is 0 Å². The number of benzene rings is 2. The van der Waals surface area contributed by atoms with Crippen LogP contribution in [-0.2, 0) is 0 Å². The smallest absolute Gasteiger partial charge is 0 e. The van der Waals surface area contributed by atoms with Gasteiger partial charge in [-0.1, -0.05) is 48.5 Å². The molecular weight excluding hydrogens is 186 g/mol. The van der Waals surface area contributed by atoms with Crippen LogP contribution in [0, 0.1) is 0 Å². The molecule has 0 aliphatic rings. The van der Waals surface area contributed by atoms with Crippen LogP contribution in [0.25, 0.3) is 10.8 Å². The van der Waals surface area contributed by atoms with Gasteiger partial charge in [0.05, 0.1) is 0 Å². The second-order valence-electron chi connectivity index (χ2n) is 2.35. The summed E-state index contributed by atoms with van der Waals surface area (Å²) in [6, 6.07) is 16.7. The summed E-state index contributed by atoms with van der Waals surface area (Å²) in [5.74, 6) is 0. The van der Waals surface area contributed by atoms with E-state index in [-0.39, 0.29) is 68.7 Å². The van der Waals surface area contributed by atoms with Gasteiger partial charge in [0.15, 0.2) is 0 Å². The van der Waals surface area contributed by atoms with E-state index in [4.69, 9.17) is 0 Å². The monoisotopic (exact) mass is 194 g/mol. The molecule has 0 atom stereocenters. The Bertz CT molecular complexity index is 281. The zero-order valence-corrected chi connectivity index (χ0v) is 11.5. The fraction of sp³-hybridized carbons (Fsp3) is 0. The Kier molecular flexibility index (Phi) is 6.80. The van der Waals surface area contributed by atoms with Crippen molar-refractivity contribution < 1.29 is 0 Å². The van der Waals surface area contributed by atoms with Crippen LogP contribution in [0.15, 0.2) is 48.5 Å². The standard InChI is InChI=1S/C10H8.Al.K/c1-2-6-10-8-4-3-7-9(10)5-1;;/h1-8H;;. The molecule has 2 aromatic carbocycles. The van der Waals surface area contributed by atoms with E-state index in [2.05, 4.69) is 48.5 Å². The predicted octanol–water partition coefficient (Wildman–Crippen LogP) is 2.08. The molecule has 0 amide bonds. The first kappa shape index (κ1) is 12.9. The molecule has 0 aromatic heterocycles. The predicted molar refractivity (Wildman–Crippen MR) is 55.5 cm³/mol. The van der Waals surface area contributed by atoms with E-state index >= 15 is 0 Å². The fourth-order valence-electron chi connectivity index (χ4n) is 1.13. The number of hydrogen-bond donors (Lipinski definition) is 0. The van der Waals surface area contributed by atoms with Crippen LogP contribution in [-0.4, -0.2) is 68.7 Å². The van der Waals surface area contributed by atoms with Gasteiger partial charge in [-0.15, -0.1) is 0 Å². The molecule has 4 radical (unpaired) electrons. The average molecular weight is 194 g/mol. The van der Waals surface area contributed by atoms with E-state index in [1.54, 1.807) is 0 Å². The Labute approximate surface area is 126 Å². The molecule has 0 heterocycles. The summed E-state index contributed by atoms with van der Waals surface area (Å²) in [5, 5.41) is 2.62. The quantitative estimate of drug-likeness (QED) is 0.563. The average Bonchev–Trinajstić information content (AvgIpc) is 2.05. The van der Waals surface area contributed by atoms with Crippen molar-refractivity contribution in [2.24, 2.45) is 0 Å². The van der Waals surface area contributed by atoms with Gasteiger partial charge in [0.2, 0.25) is 0 Å². The van der Waals surface area contributed by atoms with Crippen molar-refractivity contribution in [1.29, 1.82) is 0 Å². The molecule has 2 rings (SSSR count). The Morgan fingerprint density at radius 3 is 1.08 bits per heavy atom. The van der Waals surface area contributed by atoms with E-state index in [0.29, 0.717) is 0 Å². The minimum Gasteiger partial charge on any atom is -0.0616 e. The largest absolute Gasteiger partial charge is 0.0616 e. The summed E-state index contributed by atoms with van der Waals surface area (Å²) in [6.45, 7) is 0. The summed E-state index contributed by atoms with van der Waals surface area (Å²) >= 11 is 0. The molecule has 0 spiro atoms. The first-order chi connectivity index (χ1) is 4.97. The van der Waals surface area contributed by atoms with E-state index < -0.39 is 0 Å². The zero-order valence-electron chi connectivity index (χ0n) is 7.20. The van der Waals surface area contributed by atoms with Crippen LogP contribution in [0.2, 0.25) is 0 Å². The molecule has 0 saturated heterocycles. The van der Waals surface area contributed by atoms with Gasteiger partial charge in [0.25, 0.3) is 0 Å². The second kappa shape index (κ2) is 6.34.